The summed E-state index contributed by atoms with van der Waals surface area (Å²) in [7, 11) is 0. The summed E-state index contributed by atoms with van der Waals surface area (Å²) in [5.41, 5.74) is 1.14. The third-order valence-corrected chi connectivity index (χ3v) is 3.83. The second kappa shape index (κ2) is 4.67. The van der Waals surface area contributed by atoms with E-state index in [1.54, 1.807) is 0 Å². The van der Waals surface area contributed by atoms with Crippen LogP contribution in [0.5, 0.6) is 0 Å². The number of aromatic amines is 1. The van der Waals surface area contributed by atoms with E-state index in [-0.39, 0.29) is 5.91 Å². The maximum absolute atomic E-state index is 11.8. The van der Waals surface area contributed by atoms with Gasteiger partial charge in [-0.15, -0.1) is 0 Å². The fourth-order valence-electron chi connectivity index (χ4n) is 2.43. The van der Waals surface area contributed by atoms with Gasteiger partial charge in [0.1, 0.15) is 5.54 Å². The Morgan fingerprint density at radius 3 is 2.75 bits per heavy atom. The minimum Gasteiger partial charge on any atom is -0.480 e. The number of nitrogens with one attached hydrogen (secondary N) is 2. The number of carboxylic acids is 1. The van der Waals surface area contributed by atoms with Crippen molar-refractivity contribution in [2.75, 3.05) is 0 Å². The molecule has 0 spiro atoms. The van der Waals surface area contributed by atoms with Crippen LogP contribution in [0.15, 0.2) is 30.5 Å². The van der Waals surface area contributed by atoms with E-state index >= 15 is 0 Å². The number of carboxylic acid groups (broad SMARTS) is 1. The molecule has 3 rings (SSSR count). The first-order valence-corrected chi connectivity index (χ1v) is 6.70. The zero-order valence-corrected chi connectivity index (χ0v) is 11.0. The molecule has 3 N–H and O–H groups in total. The molecule has 0 radical (unpaired) electrons. The Hall–Kier alpha value is -2.30. The number of rotatable bonds is 5. The monoisotopic (exact) mass is 272 g/mol. The van der Waals surface area contributed by atoms with Crippen LogP contribution in [-0.4, -0.2) is 27.5 Å². The van der Waals surface area contributed by atoms with Crippen LogP contribution < -0.4 is 5.32 Å². The quantitative estimate of drug-likeness (QED) is 0.776. The molecule has 1 aromatic heterocycles. The van der Waals surface area contributed by atoms with Gasteiger partial charge in [0.05, 0.1) is 0 Å². The van der Waals surface area contributed by atoms with Gasteiger partial charge in [0.15, 0.2) is 0 Å². The van der Waals surface area contributed by atoms with Crippen LogP contribution in [0.3, 0.4) is 0 Å². The van der Waals surface area contributed by atoms with Gasteiger partial charge < -0.3 is 15.4 Å². The summed E-state index contributed by atoms with van der Waals surface area (Å²) in [4.78, 5) is 26.0. The molecule has 1 amide bonds. The van der Waals surface area contributed by atoms with E-state index in [4.69, 9.17) is 5.11 Å². The number of amides is 1. The lowest BCUT2D eigenvalue weighted by Crippen LogP contribution is -2.43. The van der Waals surface area contributed by atoms with Gasteiger partial charge in [0.25, 0.3) is 0 Å². The molecule has 0 saturated heterocycles. The standard InChI is InChI=1S/C15H16N2O3/c18-13(17-15(7-8-15)14(19)20)6-5-10-9-16-12-4-2-1-3-11(10)12/h1-4,9,16H,5-8H2,(H,17,18)(H,19,20). The SMILES string of the molecule is O=C(CCc1c[nH]c2ccccc12)NC1(C(=O)O)CC1. The van der Waals surface area contributed by atoms with Crippen molar-refractivity contribution in [3.05, 3.63) is 36.0 Å². The largest absolute Gasteiger partial charge is 0.480 e. The van der Waals surface area contributed by atoms with Crippen molar-refractivity contribution < 1.29 is 14.7 Å². The second-order valence-corrected chi connectivity index (χ2v) is 5.29. The summed E-state index contributed by atoms with van der Waals surface area (Å²) in [5, 5.41) is 12.8. The molecule has 0 aliphatic heterocycles. The number of aliphatic carboxylic acids is 1. The lowest BCUT2D eigenvalue weighted by molar-refractivity contribution is -0.143. The number of hydrogen-bond donors (Lipinski definition) is 3. The lowest BCUT2D eigenvalue weighted by atomic mass is 10.1. The first-order valence-electron chi connectivity index (χ1n) is 6.70. The van der Waals surface area contributed by atoms with Crippen molar-refractivity contribution in [2.24, 2.45) is 0 Å². The van der Waals surface area contributed by atoms with E-state index in [0.717, 1.165) is 16.5 Å². The zero-order valence-electron chi connectivity index (χ0n) is 11.0. The van der Waals surface area contributed by atoms with Gasteiger partial charge >= 0.3 is 5.97 Å². The van der Waals surface area contributed by atoms with E-state index in [1.807, 2.05) is 30.5 Å². The first-order chi connectivity index (χ1) is 9.61. The molecule has 2 aromatic rings. The number of carbonyl (C=O) groups excluding carboxylic acids is 1. The number of hydrogen-bond acceptors (Lipinski definition) is 2. The predicted octanol–water partition coefficient (Wildman–Crippen LogP) is 1.83. The number of aryl methyl sites for hydroxylation is 1. The Kier molecular flexibility index (Phi) is 2.97. The van der Waals surface area contributed by atoms with E-state index in [9.17, 15) is 9.59 Å². The van der Waals surface area contributed by atoms with Gasteiger partial charge in [0, 0.05) is 23.5 Å². The highest BCUT2D eigenvalue weighted by Crippen LogP contribution is 2.35. The summed E-state index contributed by atoms with van der Waals surface area (Å²) < 4.78 is 0. The highest BCUT2D eigenvalue weighted by atomic mass is 16.4. The molecular formula is C15H16N2O3. The summed E-state index contributed by atoms with van der Waals surface area (Å²) in [5.74, 6) is -1.13. The third kappa shape index (κ3) is 2.27. The normalized spacial score (nSPS) is 16.0. The molecule has 0 unspecified atom stereocenters. The maximum Gasteiger partial charge on any atom is 0.329 e. The van der Waals surface area contributed by atoms with Crippen molar-refractivity contribution in [3.8, 4) is 0 Å². The summed E-state index contributed by atoms with van der Waals surface area (Å²) in [6, 6.07) is 7.92. The summed E-state index contributed by atoms with van der Waals surface area (Å²) >= 11 is 0. The van der Waals surface area contributed by atoms with Gasteiger partial charge in [-0.05, 0) is 30.9 Å². The molecule has 0 bridgehead atoms. The average Bonchev–Trinajstić information content (AvgIpc) is 3.10. The van der Waals surface area contributed by atoms with Gasteiger partial charge in [0.2, 0.25) is 5.91 Å². The fourth-order valence-corrected chi connectivity index (χ4v) is 2.43. The van der Waals surface area contributed by atoms with Gasteiger partial charge in [-0.3, -0.25) is 4.79 Å². The molecule has 1 heterocycles. The number of benzene rings is 1. The Balaban J connectivity index is 1.62. The number of para-hydroxylation sites is 1. The van der Waals surface area contributed by atoms with E-state index in [0.29, 0.717) is 25.7 Å². The number of carbonyl (C=O) groups is 2. The van der Waals surface area contributed by atoms with Crippen LogP contribution >= 0.6 is 0 Å². The third-order valence-electron chi connectivity index (χ3n) is 3.83. The Morgan fingerprint density at radius 1 is 1.30 bits per heavy atom. The van der Waals surface area contributed by atoms with Gasteiger partial charge in [-0.1, -0.05) is 18.2 Å². The summed E-state index contributed by atoms with van der Waals surface area (Å²) in [6.07, 6.45) is 3.87. The zero-order chi connectivity index (χ0) is 14.2. The van der Waals surface area contributed by atoms with Crippen molar-refractivity contribution in [2.45, 2.75) is 31.2 Å². The molecule has 1 aliphatic carbocycles. The van der Waals surface area contributed by atoms with Crippen molar-refractivity contribution in [1.82, 2.24) is 10.3 Å². The lowest BCUT2D eigenvalue weighted by Gasteiger charge is -2.11. The fraction of sp³-hybridized carbons (Fsp3) is 0.333. The van der Waals surface area contributed by atoms with Crippen LogP contribution in [0.25, 0.3) is 10.9 Å². The Morgan fingerprint density at radius 2 is 2.05 bits per heavy atom. The Labute approximate surface area is 116 Å². The topological polar surface area (TPSA) is 82.2 Å². The van der Waals surface area contributed by atoms with Gasteiger partial charge in [-0.25, -0.2) is 4.79 Å². The highest BCUT2D eigenvalue weighted by Gasteiger charge is 2.51. The van der Waals surface area contributed by atoms with Crippen molar-refractivity contribution in [1.29, 1.82) is 0 Å². The maximum atomic E-state index is 11.8. The van der Waals surface area contributed by atoms with Crippen LogP contribution in [0.4, 0.5) is 0 Å². The highest BCUT2D eigenvalue weighted by molar-refractivity contribution is 5.90. The van der Waals surface area contributed by atoms with E-state index in [2.05, 4.69) is 10.3 Å². The summed E-state index contributed by atoms with van der Waals surface area (Å²) in [6.45, 7) is 0. The molecule has 1 aliphatic rings. The molecule has 1 saturated carbocycles. The van der Waals surface area contributed by atoms with Crippen LogP contribution in [0.1, 0.15) is 24.8 Å². The smallest absolute Gasteiger partial charge is 0.329 e. The minimum absolute atomic E-state index is 0.199. The minimum atomic E-state index is -0.989. The van der Waals surface area contributed by atoms with Crippen molar-refractivity contribution in [3.63, 3.8) is 0 Å². The molecule has 0 atom stereocenters. The predicted molar refractivity (Wildman–Crippen MR) is 74.4 cm³/mol. The molecule has 20 heavy (non-hydrogen) atoms. The second-order valence-electron chi connectivity index (χ2n) is 5.29. The number of fused-ring (bicyclic) bond motifs is 1. The Bertz CT molecular complexity index is 671. The molecular weight excluding hydrogens is 256 g/mol. The molecule has 5 heteroatoms. The van der Waals surface area contributed by atoms with Gasteiger partial charge in [-0.2, -0.15) is 0 Å². The molecule has 1 aromatic carbocycles. The number of aromatic nitrogens is 1. The average molecular weight is 272 g/mol. The van der Waals surface area contributed by atoms with Crippen molar-refractivity contribution >= 4 is 22.8 Å². The number of H-pyrrole nitrogens is 1. The van der Waals surface area contributed by atoms with Crippen LogP contribution in [0, 0.1) is 0 Å². The molecule has 104 valence electrons. The first kappa shape index (κ1) is 12.7. The molecule has 1 fully saturated rings. The van der Waals surface area contributed by atoms with Crippen LogP contribution in [-0.2, 0) is 16.0 Å². The molecule has 5 nitrogen and oxygen atoms in total. The van der Waals surface area contributed by atoms with E-state index in [1.165, 1.54) is 0 Å². The van der Waals surface area contributed by atoms with Crippen LogP contribution in [0.2, 0.25) is 0 Å². The van der Waals surface area contributed by atoms with E-state index < -0.39 is 11.5 Å².